The summed E-state index contributed by atoms with van der Waals surface area (Å²) in [5.41, 5.74) is 1.08. The van der Waals surface area contributed by atoms with Crippen molar-refractivity contribution in [2.24, 2.45) is 40.4 Å². The number of aliphatic hydroxyl groups is 8. The quantitative estimate of drug-likeness (QED) is 0.0869. The van der Waals surface area contributed by atoms with Crippen LogP contribution in [0.1, 0.15) is 92.9 Å². The molecule has 7 fully saturated rings. The average Bonchev–Trinajstić information content (AvgIpc) is 3.76. The van der Waals surface area contributed by atoms with Crippen molar-refractivity contribution in [1.82, 2.24) is 0 Å². The van der Waals surface area contributed by atoms with Gasteiger partial charge in [-0.05, 0) is 74.5 Å². The van der Waals surface area contributed by atoms with Crippen molar-refractivity contribution in [2.45, 2.75) is 203 Å². The molecule has 20 heteroatoms. The normalized spacial score (nSPS) is 50.5. The van der Waals surface area contributed by atoms with E-state index in [1.54, 1.807) is 7.11 Å². The predicted molar refractivity (Wildman–Crippen MR) is 237 cm³/mol. The van der Waals surface area contributed by atoms with Crippen molar-refractivity contribution in [3.05, 3.63) is 23.8 Å². The molecule has 69 heavy (non-hydrogen) atoms. The van der Waals surface area contributed by atoms with Crippen molar-refractivity contribution in [2.75, 3.05) is 26.9 Å². The molecule has 0 aromatic carbocycles. The molecule has 0 radical (unpaired) electrons. The van der Waals surface area contributed by atoms with Crippen LogP contribution in [0, 0.1) is 40.4 Å². The Hall–Kier alpha value is -2.22. The number of rotatable bonds is 14. The van der Waals surface area contributed by atoms with E-state index in [0.29, 0.717) is 24.8 Å². The zero-order chi connectivity index (χ0) is 50.1. The van der Waals surface area contributed by atoms with Crippen molar-refractivity contribution in [1.29, 1.82) is 0 Å². The molecule has 0 aromatic rings. The number of carbonyl (C=O) groups is 2. The Bertz CT molecular complexity index is 1880. The summed E-state index contributed by atoms with van der Waals surface area (Å²) >= 11 is 0. The Morgan fingerprint density at radius 3 is 2.22 bits per heavy atom. The second-order valence-corrected chi connectivity index (χ2v) is 21.6. The second-order valence-electron chi connectivity index (χ2n) is 21.6. The largest absolute Gasteiger partial charge is 0.456 e. The summed E-state index contributed by atoms with van der Waals surface area (Å²) in [6.45, 7) is 14.1. The first-order chi connectivity index (χ1) is 32.6. The summed E-state index contributed by atoms with van der Waals surface area (Å²) in [7, 11) is 1.67. The van der Waals surface area contributed by atoms with E-state index in [9.17, 15) is 50.4 Å². The number of carbonyl (C=O) groups excluding carboxylic acids is 2. The smallest absolute Gasteiger partial charge is 0.303 e. The van der Waals surface area contributed by atoms with Crippen LogP contribution in [-0.2, 0) is 57.0 Å². The Kier molecular flexibility index (Phi) is 15.8. The van der Waals surface area contributed by atoms with Crippen LogP contribution in [-0.4, -0.2) is 190 Å². The van der Waals surface area contributed by atoms with Gasteiger partial charge in [-0.3, -0.25) is 9.59 Å². The number of hydrogen-bond donors (Lipinski definition) is 8. The summed E-state index contributed by atoms with van der Waals surface area (Å²) in [6, 6.07) is 0. The number of hydrogen-bond acceptors (Lipinski definition) is 20. The van der Waals surface area contributed by atoms with Gasteiger partial charge >= 0.3 is 11.9 Å². The fourth-order valence-corrected chi connectivity index (χ4v) is 14.1. The molecule has 25 atom stereocenters. The molecule has 25 unspecified atom stereocenters. The van der Waals surface area contributed by atoms with Crippen LogP contribution in [0.4, 0.5) is 0 Å². The Balaban J connectivity index is 0.985. The molecule has 4 aliphatic carbocycles. The van der Waals surface area contributed by atoms with Gasteiger partial charge in [0.1, 0.15) is 42.7 Å². The van der Waals surface area contributed by atoms with Gasteiger partial charge in [-0.2, -0.15) is 0 Å². The summed E-state index contributed by atoms with van der Waals surface area (Å²) in [5.74, 6) is -1.45. The van der Waals surface area contributed by atoms with E-state index >= 15 is 0 Å². The van der Waals surface area contributed by atoms with E-state index in [4.69, 9.17) is 47.4 Å². The van der Waals surface area contributed by atoms with Gasteiger partial charge in [0.2, 0.25) is 0 Å². The molecule has 392 valence electrons. The van der Waals surface area contributed by atoms with Crippen LogP contribution >= 0.6 is 0 Å². The third-order valence-corrected chi connectivity index (χ3v) is 17.7. The molecule has 4 saturated heterocycles. The summed E-state index contributed by atoms with van der Waals surface area (Å²) in [6.07, 6.45) is -13.4. The SMILES string of the molecule is C=C(CCC1(OC)OC2CC3C4CC=C5CC(O)CC(OC6OCC(OC(C)=O)C(OC(C)=O)C6OC6OC(C)C(O)C(O)C6O)C5(C)C4CCC3(C)C2C1C)COC1OC(CO)C(O)C(O)C1O. The van der Waals surface area contributed by atoms with E-state index in [1.165, 1.54) is 20.8 Å². The molecular formula is C49H76O20. The van der Waals surface area contributed by atoms with Gasteiger partial charge in [0.05, 0.1) is 44.2 Å². The summed E-state index contributed by atoms with van der Waals surface area (Å²) in [5, 5.41) is 84.0. The third-order valence-electron chi connectivity index (χ3n) is 17.7. The molecule has 0 bridgehead atoms. The Morgan fingerprint density at radius 1 is 0.841 bits per heavy atom. The van der Waals surface area contributed by atoms with Crippen LogP contribution in [0.15, 0.2) is 23.8 Å². The lowest BCUT2D eigenvalue weighted by molar-refractivity contribution is -0.363. The highest BCUT2D eigenvalue weighted by Gasteiger charge is 2.69. The monoisotopic (exact) mass is 984 g/mol. The first-order valence-electron chi connectivity index (χ1n) is 24.7. The zero-order valence-corrected chi connectivity index (χ0v) is 40.7. The zero-order valence-electron chi connectivity index (χ0n) is 40.7. The van der Waals surface area contributed by atoms with Crippen LogP contribution in [0.25, 0.3) is 0 Å². The van der Waals surface area contributed by atoms with Gasteiger partial charge < -0.3 is 88.2 Å². The number of ether oxygens (including phenoxy) is 10. The van der Waals surface area contributed by atoms with E-state index in [2.05, 4.69) is 33.4 Å². The topological polar surface area (TPSA) is 288 Å². The molecular weight excluding hydrogens is 909 g/mol. The fraction of sp³-hybridized carbons (Fsp3) is 0.878. The number of fused-ring (bicyclic) bond motifs is 7. The minimum Gasteiger partial charge on any atom is -0.456 e. The fourth-order valence-electron chi connectivity index (χ4n) is 14.1. The maximum absolute atomic E-state index is 12.6. The summed E-state index contributed by atoms with van der Waals surface area (Å²) < 4.78 is 61.4. The maximum Gasteiger partial charge on any atom is 0.303 e. The maximum atomic E-state index is 12.6. The number of methoxy groups -OCH3 is 1. The highest BCUT2D eigenvalue weighted by atomic mass is 16.8. The van der Waals surface area contributed by atoms with Crippen molar-refractivity contribution >= 4 is 11.9 Å². The lowest BCUT2D eigenvalue weighted by Crippen LogP contribution is -2.64. The highest BCUT2D eigenvalue weighted by Crippen LogP contribution is 2.70. The van der Waals surface area contributed by atoms with E-state index < -0.39 is 128 Å². The van der Waals surface area contributed by atoms with Crippen LogP contribution in [0.5, 0.6) is 0 Å². The lowest BCUT2D eigenvalue weighted by Gasteiger charge is -2.60. The minimum absolute atomic E-state index is 0.00278. The minimum atomic E-state index is -1.72. The third kappa shape index (κ3) is 9.62. The molecule has 20 nitrogen and oxygen atoms in total. The van der Waals surface area contributed by atoms with Crippen LogP contribution in [0.3, 0.4) is 0 Å². The van der Waals surface area contributed by atoms with Crippen LogP contribution < -0.4 is 0 Å². The highest BCUT2D eigenvalue weighted by molar-refractivity contribution is 5.67. The average molecular weight is 985 g/mol. The van der Waals surface area contributed by atoms with E-state index in [0.717, 1.165) is 31.3 Å². The summed E-state index contributed by atoms with van der Waals surface area (Å²) in [4.78, 5) is 24.9. The Morgan fingerprint density at radius 2 is 1.54 bits per heavy atom. The molecule has 4 aliphatic heterocycles. The molecule has 3 saturated carbocycles. The predicted octanol–water partition coefficient (Wildman–Crippen LogP) is 0.494. The van der Waals surface area contributed by atoms with Gasteiger partial charge in [0.15, 0.2) is 43.0 Å². The van der Waals surface area contributed by atoms with Gasteiger partial charge in [0.25, 0.3) is 0 Å². The number of esters is 2. The molecule has 0 spiro atoms. The van der Waals surface area contributed by atoms with Crippen molar-refractivity contribution < 1.29 is 97.8 Å². The number of allylic oxidation sites excluding steroid dienone is 1. The first-order valence-corrected chi connectivity index (χ1v) is 24.7. The second kappa shape index (κ2) is 20.6. The number of aliphatic hydroxyl groups excluding tert-OH is 8. The van der Waals surface area contributed by atoms with E-state index in [1.807, 2.05) is 0 Å². The van der Waals surface area contributed by atoms with Gasteiger partial charge in [-0.15, -0.1) is 0 Å². The van der Waals surface area contributed by atoms with Gasteiger partial charge in [-0.25, -0.2) is 0 Å². The molecule has 8 aliphatic rings. The molecule has 0 amide bonds. The van der Waals surface area contributed by atoms with Crippen molar-refractivity contribution in [3.63, 3.8) is 0 Å². The van der Waals surface area contributed by atoms with E-state index in [-0.39, 0.29) is 60.7 Å². The van der Waals surface area contributed by atoms with Gasteiger partial charge in [-0.1, -0.05) is 44.6 Å². The first kappa shape index (κ1) is 53.1. The van der Waals surface area contributed by atoms with Gasteiger partial charge in [0, 0.05) is 45.1 Å². The molecule has 4 heterocycles. The Labute approximate surface area is 403 Å². The van der Waals surface area contributed by atoms with Crippen LogP contribution in [0.2, 0.25) is 0 Å². The lowest BCUT2D eigenvalue weighted by atomic mass is 9.46. The van der Waals surface area contributed by atoms with Crippen molar-refractivity contribution in [3.8, 4) is 0 Å². The molecule has 0 aromatic heterocycles. The molecule has 8 rings (SSSR count). The molecule has 8 N–H and O–H groups in total. The standard InChI is InChI=1S/C49H76O20/c1-21(19-61-44-40(58)39(57)37(55)32(18-50)66-44)11-14-49(60-8)22(2)35-31(69-49)17-30-28-10-9-26-15-27(53)16-34(48(26,7)29(28)12-13-47(30,35)6)67-46-43(68-45-41(59)38(56)36(54)23(3)63-45)42(65-25(5)52)33(20-62-46)64-24(4)51/h9,22-23,27-46,50,53-59H,1,10-20H2,2-8H3.